The molecule has 5 heteroatoms. The molecule has 0 atom stereocenters. The number of carbonyl (C=O) groups is 1. The normalized spacial score (nSPS) is 11.2. The SMILES string of the molecule is O=C(C=Cc1ccco1)Nc1nc(-c2cccc3ccccc23)cs1. The number of furan rings is 1. The first kappa shape index (κ1) is 15.4. The molecule has 2 heterocycles. The average molecular weight is 346 g/mol. The van der Waals surface area contributed by atoms with Gasteiger partial charge in [0.15, 0.2) is 5.13 Å². The molecule has 0 aliphatic carbocycles. The highest BCUT2D eigenvalue weighted by Crippen LogP contribution is 2.30. The van der Waals surface area contributed by atoms with Gasteiger partial charge < -0.3 is 4.42 Å². The maximum atomic E-state index is 12.0. The monoisotopic (exact) mass is 346 g/mol. The van der Waals surface area contributed by atoms with Gasteiger partial charge in [-0.05, 0) is 29.0 Å². The molecule has 2 aromatic heterocycles. The lowest BCUT2D eigenvalue weighted by atomic mass is 10.0. The average Bonchev–Trinajstić information content (AvgIpc) is 3.31. The number of fused-ring (bicyclic) bond motifs is 1. The number of hydrogen-bond donors (Lipinski definition) is 1. The molecule has 0 saturated carbocycles. The summed E-state index contributed by atoms with van der Waals surface area (Å²) < 4.78 is 5.16. The van der Waals surface area contributed by atoms with Gasteiger partial charge in [0.05, 0.1) is 12.0 Å². The van der Waals surface area contributed by atoms with Gasteiger partial charge in [-0.3, -0.25) is 10.1 Å². The van der Waals surface area contributed by atoms with E-state index in [4.69, 9.17) is 4.42 Å². The molecule has 25 heavy (non-hydrogen) atoms. The maximum Gasteiger partial charge on any atom is 0.250 e. The number of anilines is 1. The van der Waals surface area contributed by atoms with Crippen LogP contribution in [-0.2, 0) is 4.79 Å². The molecule has 0 bridgehead atoms. The number of thiazole rings is 1. The van der Waals surface area contributed by atoms with Crippen LogP contribution in [0.1, 0.15) is 5.76 Å². The van der Waals surface area contributed by atoms with Gasteiger partial charge in [-0.2, -0.15) is 0 Å². The molecule has 0 unspecified atom stereocenters. The summed E-state index contributed by atoms with van der Waals surface area (Å²) in [7, 11) is 0. The van der Waals surface area contributed by atoms with Gasteiger partial charge >= 0.3 is 0 Å². The first-order valence-corrected chi connectivity index (χ1v) is 8.64. The summed E-state index contributed by atoms with van der Waals surface area (Å²) in [6.45, 7) is 0. The van der Waals surface area contributed by atoms with E-state index in [-0.39, 0.29) is 5.91 Å². The van der Waals surface area contributed by atoms with Crippen molar-refractivity contribution in [2.24, 2.45) is 0 Å². The fourth-order valence-corrected chi connectivity index (χ4v) is 3.31. The van der Waals surface area contributed by atoms with Crippen LogP contribution in [0.2, 0.25) is 0 Å². The highest BCUT2D eigenvalue weighted by atomic mass is 32.1. The maximum absolute atomic E-state index is 12.0. The third kappa shape index (κ3) is 3.36. The van der Waals surface area contributed by atoms with E-state index in [1.165, 1.54) is 22.8 Å². The molecule has 0 aliphatic rings. The molecule has 0 spiro atoms. The van der Waals surface area contributed by atoms with Crippen molar-refractivity contribution in [1.82, 2.24) is 4.98 Å². The Bertz CT molecular complexity index is 1040. The van der Waals surface area contributed by atoms with Crippen molar-refractivity contribution in [3.63, 3.8) is 0 Å². The Morgan fingerprint density at radius 3 is 2.84 bits per heavy atom. The minimum absolute atomic E-state index is 0.241. The quantitative estimate of drug-likeness (QED) is 0.516. The predicted octanol–water partition coefficient (Wildman–Crippen LogP) is 5.21. The zero-order chi connectivity index (χ0) is 17.1. The van der Waals surface area contributed by atoms with Crippen LogP contribution in [0, 0.1) is 0 Å². The first-order chi connectivity index (χ1) is 12.3. The predicted molar refractivity (Wildman–Crippen MR) is 101 cm³/mol. The summed E-state index contributed by atoms with van der Waals surface area (Å²) in [5, 5.41) is 7.61. The Balaban J connectivity index is 1.55. The van der Waals surface area contributed by atoms with Crippen LogP contribution in [0.15, 0.2) is 76.7 Å². The molecule has 4 nitrogen and oxygen atoms in total. The van der Waals surface area contributed by atoms with Gasteiger partial charge in [-0.1, -0.05) is 42.5 Å². The number of nitrogens with one attached hydrogen (secondary N) is 1. The van der Waals surface area contributed by atoms with Crippen LogP contribution in [0.4, 0.5) is 5.13 Å². The van der Waals surface area contributed by atoms with Crippen molar-refractivity contribution in [1.29, 1.82) is 0 Å². The van der Waals surface area contributed by atoms with Crippen LogP contribution >= 0.6 is 11.3 Å². The Labute approximate surface area is 148 Å². The lowest BCUT2D eigenvalue weighted by Crippen LogP contribution is -2.07. The third-order valence-electron chi connectivity index (χ3n) is 3.74. The van der Waals surface area contributed by atoms with E-state index >= 15 is 0 Å². The minimum atomic E-state index is -0.241. The number of rotatable bonds is 4. The van der Waals surface area contributed by atoms with Crippen LogP contribution < -0.4 is 5.32 Å². The van der Waals surface area contributed by atoms with Crippen LogP contribution in [0.25, 0.3) is 28.1 Å². The van der Waals surface area contributed by atoms with E-state index in [0.29, 0.717) is 10.9 Å². The molecule has 0 aliphatic heterocycles. The number of aromatic nitrogens is 1. The van der Waals surface area contributed by atoms with Crippen molar-refractivity contribution < 1.29 is 9.21 Å². The van der Waals surface area contributed by atoms with E-state index in [0.717, 1.165) is 16.6 Å². The van der Waals surface area contributed by atoms with E-state index in [1.54, 1.807) is 24.5 Å². The summed E-state index contributed by atoms with van der Waals surface area (Å²) >= 11 is 1.40. The Morgan fingerprint density at radius 2 is 1.96 bits per heavy atom. The van der Waals surface area contributed by atoms with Gasteiger partial charge in [-0.15, -0.1) is 11.3 Å². The topological polar surface area (TPSA) is 55.1 Å². The van der Waals surface area contributed by atoms with Crippen molar-refractivity contribution in [2.45, 2.75) is 0 Å². The molecule has 2 aromatic carbocycles. The van der Waals surface area contributed by atoms with Gasteiger partial charge in [0.25, 0.3) is 0 Å². The highest BCUT2D eigenvalue weighted by Gasteiger charge is 2.09. The lowest BCUT2D eigenvalue weighted by molar-refractivity contribution is -0.111. The van der Waals surface area contributed by atoms with Crippen molar-refractivity contribution in [2.75, 3.05) is 5.32 Å². The second-order valence-corrected chi connectivity index (χ2v) is 6.26. The largest absolute Gasteiger partial charge is 0.465 e. The summed E-state index contributed by atoms with van der Waals surface area (Å²) in [4.78, 5) is 16.5. The first-order valence-electron chi connectivity index (χ1n) is 7.76. The number of hydrogen-bond acceptors (Lipinski definition) is 4. The standard InChI is InChI=1S/C20H14N2O2S/c23-19(11-10-15-7-4-12-24-15)22-20-21-18(13-25-20)17-9-3-6-14-5-1-2-8-16(14)17/h1-13H,(H,21,22,23). The summed E-state index contributed by atoms with van der Waals surface area (Å²) in [6.07, 6.45) is 4.61. The summed E-state index contributed by atoms with van der Waals surface area (Å²) in [6, 6.07) is 17.9. The van der Waals surface area contributed by atoms with E-state index in [1.807, 2.05) is 29.6 Å². The van der Waals surface area contributed by atoms with Crippen LogP contribution in [0.5, 0.6) is 0 Å². The van der Waals surface area contributed by atoms with E-state index in [9.17, 15) is 4.79 Å². The molecule has 0 fully saturated rings. The Hall–Kier alpha value is -3.18. The molecule has 4 rings (SSSR count). The number of benzene rings is 2. The Morgan fingerprint density at radius 1 is 1.08 bits per heavy atom. The molecular formula is C20H14N2O2S. The zero-order valence-corrected chi connectivity index (χ0v) is 14.0. The summed E-state index contributed by atoms with van der Waals surface area (Å²) in [5.74, 6) is 0.390. The van der Waals surface area contributed by atoms with Crippen molar-refractivity contribution in [3.05, 3.63) is 78.1 Å². The fourth-order valence-electron chi connectivity index (χ4n) is 2.59. The minimum Gasteiger partial charge on any atom is -0.465 e. The molecule has 4 aromatic rings. The Kier molecular flexibility index (Phi) is 4.14. The third-order valence-corrected chi connectivity index (χ3v) is 4.50. The van der Waals surface area contributed by atoms with Crippen molar-refractivity contribution >= 4 is 39.2 Å². The lowest BCUT2D eigenvalue weighted by Gasteiger charge is -2.03. The number of amides is 1. The summed E-state index contributed by atoms with van der Waals surface area (Å²) in [5.41, 5.74) is 1.91. The molecule has 1 N–H and O–H groups in total. The van der Waals surface area contributed by atoms with E-state index in [2.05, 4.69) is 28.5 Å². The highest BCUT2D eigenvalue weighted by molar-refractivity contribution is 7.14. The number of carbonyl (C=O) groups excluding carboxylic acids is 1. The molecule has 122 valence electrons. The molecule has 1 amide bonds. The molecule has 0 saturated heterocycles. The number of nitrogens with zero attached hydrogens (tertiary/aromatic N) is 1. The molecular weight excluding hydrogens is 332 g/mol. The zero-order valence-electron chi connectivity index (χ0n) is 13.2. The van der Waals surface area contributed by atoms with Gasteiger partial charge in [-0.25, -0.2) is 4.98 Å². The van der Waals surface area contributed by atoms with E-state index < -0.39 is 0 Å². The molecule has 0 radical (unpaired) electrons. The van der Waals surface area contributed by atoms with Gasteiger partial charge in [0.2, 0.25) is 5.91 Å². The fraction of sp³-hybridized carbons (Fsp3) is 0. The van der Waals surface area contributed by atoms with Crippen molar-refractivity contribution in [3.8, 4) is 11.3 Å². The second-order valence-electron chi connectivity index (χ2n) is 5.40. The smallest absolute Gasteiger partial charge is 0.250 e. The second kappa shape index (κ2) is 6.75. The van der Waals surface area contributed by atoms with Crippen LogP contribution in [-0.4, -0.2) is 10.9 Å². The van der Waals surface area contributed by atoms with Crippen LogP contribution in [0.3, 0.4) is 0 Å². The van der Waals surface area contributed by atoms with Gasteiger partial charge in [0.1, 0.15) is 5.76 Å². The van der Waals surface area contributed by atoms with Gasteiger partial charge in [0, 0.05) is 17.0 Å².